The van der Waals surface area contributed by atoms with E-state index in [4.69, 9.17) is 11.3 Å². The lowest BCUT2D eigenvalue weighted by Crippen LogP contribution is -2.49. The Hall–Kier alpha value is 0.350. The van der Waals surface area contributed by atoms with Crippen molar-refractivity contribution in [2.45, 2.75) is 108 Å². The largest absolute Gasteiger partial charge is 0.396 e. The maximum absolute atomic E-state index is 12.2. The maximum Gasteiger partial charge on any atom is 0.0777 e. The number of aliphatic hydroxyl groups is 2. The van der Waals surface area contributed by atoms with Crippen LogP contribution in [0.4, 0.5) is 0 Å². The van der Waals surface area contributed by atoms with Crippen molar-refractivity contribution in [1.29, 1.82) is 0 Å². The minimum absolute atomic E-state index is 0.101. The molecule has 2 N–H and O–H groups in total. The fourth-order valence-electron chi connectivity index (χ4n) is 9.57. The quantitative estimate of drug-likeness (QED) is 0.182. The first kappa shape index (κ1) is 27.4. The Bertz CT molecular complexity index is 724. The van der Waals surface area contributed by atoms with Gasteiger partial charge in [0.25, 0.3) is 0 Å². The van der Waals surface area contributed by atoms with Gasteiger partial charge in [-0.3, -0.25) is 0 Å². The number of methoxy groups -OCH3 is 1. The summed E-state index contributed by atoms with van der Waals surface area (Å²) in [4.78, 5) is 0. The molecule has 0 bridgehead atoms. The first-order chi connectivity index (χ1) is 16.1. The Morgan fingerprint density at radius 2 is 1.91 bits per heavy atom. The maximum atomic E-state index is 12.2. The Morgan fingerprint density at radius 1 is 1.18 bits per heavy atom. The molecule has 0 aliphatic heterocycles. The van der Waals surface area contributed by atoms with Crippen LogP contribution < -0.4 is 0 Å². The summed E-state index contributed by atoms with van der Waals surface area (Å²) in [6, 6.07) is 0. The van der Waals surface area contributed by atoms with Gasteiger partial charge in [0.05, 0.1) is 11.7 Å². The van der Waals surface area contributed by atoms with Gasteiger partial charge in [0.2, 0.25) is 0 Å². The van der Waals surface area contributed by atoms with Gasteiger partial charge >= 0.3 is 0 Å². The molecule has 11 atom stereocenters. The third-order valence-corrected chi connectivity index (χ3v) is 13.0. The molecule has 0 unspecified atom stereocenters. The van der Waals surface area contributed by atoms with Gasteiger partial charge in [-0.25, -0.2) is 0 Å². The summed E-state index contributed by atoms with van der Waals surface area (Å²) in [6.45, 7) is 14.7. The number of rotatable bonds is 8. The minimum atomic E-state index is -0.789. The molecule has 0 aromatic heterocycles. The second kappa shape index (κ2) is 10.6. The van der Waals surface area contributed by atoms with E-state index < -0.39 is 5.60 Å². The molecule has 0 spiro atoms. The summed E-state index contributed by atoms with van der Waals surface area (Å²) in [7, 11) is 1.78. The van der Waals surface area contributed by atoms with Crippen LogP contribution in [0.1, 0.15) is 91.9 Å². The zero-order valence-corrected chi connectivity index (χ0v) is 24.6. The number of hydrogen-bond acceptors (Lipinski definition) is 3. The van der Waals surface area contributed by atoms with Crippen LogP contribution in [0.15, 0.2) is 12.2 Å². The molecule has 4 aliphatic rings. The van der Waals surface area contributed by atoms with Gasteiger partial charge in [-0.1, -0.05) is 81.7 Å². The van der Waals surface area contributed by atoms with Crippen molar-refractivity contribution in [2.75, 3.05) is 13.7 Å². The van der Waals surface area contributed by atoms with Gasteiger partial charge in [-0.2, -0.15) is 0 Å². The summed E-state index contributed by atoms with van der Waals surface area (Å²) in [6.07, 6.45) is 11.7. The van der Waals surface area contributed by atoms with E-state index in [9.17, 15) is 10.2 Å². The van der Waals surface area contributed by atoms with Crippen LogP contribution in [0.5, 0.6) is 0 Å². The lowest BCUT2D eigenvalue weighted by molar-refractivity contribution is -0.0586. The highest BCUT2D eigenvalue weighted by Gasteiger charge is 2.64. The Kier molecular flexibility index (Phi) is 8.55. The average molecular weight is 587 g/mol. The number of aliphatic hydroxyl groups excluding tert-OH is 1. The molecule has 0 saturated heterocycles. The van der Waals surface area contributed by atoms with E-state index in [1.807, 2.05) is 0 Å². The molecule has 4 aliphatic carbocycles. The topological polar surface area (TPSA) is 49.7 Å². The van der Waals surface area contributed by atoms with Crippen molar-refractivity contribution < 1.29 is 14.9 Å². The zero-order valence-electron chi connectivity index (χ0n) is 22.4. The molecule has 4 fully saturated rings. The Balaban J connectivity index is 1.61. The van der Waals surface area contributed by atoms with Crippen LogP contribution in [0.3, 0.4) is 0 Å². The first-order valence-corrected chi connectivity index (χ1v) is 15.5. The van der Waals surface area contributed by atoms with Gasteiger partial charge in [-0.05, 0) is 79.4 Å². The molecule has 4 rings (SSSR count). The molecular weight excluding hydrogens is 535 g/mol. The molecule has 0 aromatic carbocycles. The summed E-state index contributed by atoms with van der Waals surface area (Å²) in [5, 5.41) is 22.3. The molecule has 0 amide bonds. The second-order valence-corrected chi connectivity index (χ2v) is 14.7. The summed E-state index contributed by atoms with van der Waals surface area (Å²) >= 11 is 2.70. The van der Waals surface area contributed by atoms with Crippen LogP contribution in [-0.2, 0) is 4.74 Å². The third kappa shape index (κ3) is 4.58. The van der Waals surface area contributed by atoms with Gasteiger partial charge in [-0.15, -0.1) is 0 Å². The van der Waals surface area contributed by atoms with Crippen LogP contribution in [0.25, 0.3) is 0 Å². The summed E-state index contributed by atoms with van der Waals surface area (Å²) in [5.41, 5.74) is 0.926. The number of alkyl halides is 1. The Morgan fingerprint density at radius 3 is 2.56 bits per heavy atom. The van der Waals surface area contributed by atoms with Gasteiger partial charge in [0, 0.05) is 35.9 Å². The van der Waals surface area contributed by atoms with Crippen molar-refractivity contribution in [2.24, 2.45) is 52.8 Å². The number of halogens is 1. The van der Waals surface area contributed by atoms with E-state index in [0.717, 1.165) is 24.2 Å². The van der Waals surface area contributed by atoms with E-state index in [2.05, 4.69) is 50.3 Å². The van der Waals surface area contributed by atoms with Gasteiger partial charge < -0.3 is 14.9 Å². The van der Waals surface area contributed by atoms with E-state index in [1.165, 1.54) is 50.5 Å². The standard InChI is InChI=1S/C30H51IO3/c1-18(2)8-7-9-19(3)23-10-11-24-27-22(12-14-29(23,24)5)20(4)26-16-21(34-6)17-30(26,33)25(13-15-32)28(27)31/h18-19,21-28,32-33H,4,7-17H2,1-3,5-6H3/t19-,21+,22-,23-,24+,25+,26-,27-,28-,29-,30+/m1/s1. The van der Waals surface area contributed by atoms with Crippen LogP contribution >= 0.6 is 22.6 Å². The fourth-order valence-corrected chi connectivity index (χ4v) is 11.6. The first-order valence-electron chi connectivity index (χ1n) is 14.3. The molecule has 0 radical (unpaired) electrons. The highest BCUT2D eigenvalue weighted by molar-refractivity contribution is 14.1. The highest BCUT2D eigenvalue weighted by atomic mass is 127. The number of hydrogen-bond donors (Lipinski definition) is 2. The molecular formula is C30H51IO3. The molecule has 4 saturated carbocycles. The van der Waals surface area contributed by atoms with Crippen molar-refractivity contribution >= 4 is 22.6 Å². The summed E-state index contributed by atoms with van der Waals surface area (Å²) < 4.78 is 6.13. The lowest BCUT2D eigenvalue weighted by Gasteiger charge is -2.52. The predicted molar refractivity (Wildman–Crippen MR) is 149 cm³/mol. The molecule has 0 aromatic rings. The van der Waals surface area contributed by atoms with Crippen molar-refractivity contribution in [1.82, 2.24) is 0 Å². The van der Waals surface area contributed by atoms with Crippen molar-refractivity contribution in [3.63, 3.8) is 0 Å². The van der Waals surface area contributed by atoms with Gasteiger partial charge in [0.15, 0.2) is 0 Å². The monoisotopic (exact) mass is 586 g/mol. The number of ether oxygens (including phenoxy) is 1. The third-order valence-electron chi connectivity index (χ3n) is 11.3. The van der Waals surface area contributed by atoms with Crippen LogP contribution in [0.2, 0.25) is 0 Å². The SMILES string of the molecule is C=C1[C@H]2CC[C@]3(C)[C@@H]([C@H](C)CCCC(C)C)CC[C@H]3[C@@H]2[C@H](I)[C@H](CCO)[C@@]2(O)C[C@@H](OC)C[C@H]12. The summed E-state index contributed by atoms with van der Waals surface area (Å²) in [5.74, 6) is 4.44. The van der Waals surface area contributed by atoms with Crippen LogP contribution in [-0.4, -0.2) is 39.6 Å². The van der Waals surface area contributed by atoms with Crippen LogP contribution in [0, 0.1) is 52.8 Å². The van der Waals surface area contributed by atoms with Crippen molar-refractivity contribution in [3.05, 3.63) is 12.2 Å². The van der Waals surface area contributed by atoms with Crippen molar-refractivity contribution in [3.8, 4) is 0 Å². The molecule has 4 heteroatoms. The molecule has 0 heterocycles. The van der Waals surface area contributed by atoms with Gasteiger partial charge in [0.1, 0.15) is 0 Å². The Labute approximate surface area is 223 Å². The second-order valence-electron chi connectivity index (χ2n) is 13.3. The predicted octanol–water partition coefficient (Wildman–Crippen LogP) is 7.04. The van der Waals surface area contributed by atoms with E-state index in [1.54, 1.807) is 7.11 Å². The number of fused-ring (bicyclic) bond motifs is 4. The normalized spacial score (nSPS) is 47.3. The molecule has 196 valence electrons. The average Bonchev–Trinajstić information content (AvgIpc) is 3.31. The minimum Gasteiger partial charge on any atom is -0.396 e. The molecule has 3 nitrogen and oxygen atoms in total. The zero-order chi connectivity index (χ0) is 24.8. The molecule has 34 heavy (non-hydrogen) atoms. The smallest absolute Gasteiger partial charge is 0.0777 e. The lowest BCUT2D eigenvalue weighted by atomic mass is 9.54. The van der Waals surface area contributed by atoms with E-state index >= 15 is 0 Å². The van der Waals surface area contributed by atoms with E-state index in [0.29, 0.717) is 39.9 Å². The van der Waals surface area contributed by atoms with E-state index in [-0.39, 0.29) is 24.5 Å². The highest BCUT2D eigenvalue weighted by Crippen LogP contribution is 2.67. The fraction of sp³-hybridized carbons (Fsp3) is 0.933.